The molecule has 0 bridgehead atoms. The standard InChI is InChI=1S/C15H11N5O2S2/c1-19-10-4-2-3-5-11(10)24-15(19)18-17-12(21)9-8-16-14-20(13(9)22)6-7-23-14/h2-8H,1H3,(H,17,21)/b18-15-. The maximum atomic E-state index is 12.3. The Labute approximate surface area is 143 Å². The molecule has 0 unspecified atom stereocenters. The van der Waals surface area contributed by atoms with Crippen LogP contribution in [-0.4, -0.2) is 19.9 Å². The predicted octanol–water partition coefficient (Wildman–Crippen LogP) is 1.55. The average molecular weight is 357 g/mol. The zero-order valence-electron chi connectivity index (χ0n) is 12.5. The van der Waals surface area contributed by atoms with Crippen LogP contribution in [0.4, 0.5) is 0 Å². The number of benzene rings is 1. The van der Waals surface area contributed by atoms with Gasteiger partial charge >= 0.3 is 0 Å². The molecule has 0 saturated heterocycles. The Hall–Kier alpha value is -2.78. The SMILES string of the molecule is Cn1/c(=N/NC(=O)c2cnc3sccn3c2=O)sc2ccccc21. The number of hydrogen-bond donors (Lipinski definition) is 1. The lowest BCUT2D eigenvalue weighted by Gasteiger charge is -1.99. The Balaban J connectivity index is 1.71. The summed E-state index contributed by atoms with van der Waals surface area (Å²) in [5, 5.41) is 5.88. The molecule has 4 aromatic rings. The Morgan fingerprint density at radius 3 is 3.00 bits per heavy atom. The number of aryl methyl sites for hydroxylation is 1. The van der Waals surface area contributed by atoms with E-state index in [-0.39, 0.29) is 5.56 Å². The number of thiazole rings is 2. The lowest BCUT2D eigenvalue weighted by molar-refractivity contribution is 0.0951. The van der Waals surface area contributed by atoms with E-state index >= 15 is 0 Å². The van der Waals surface area contributed by atoms with Crippen molar-refractivity contribution in [3.8, 4) is 0 Å². The molecule has 1 aromatic carbocycles. The molecule has 1 amide bonds. The van der Waals surface area contributed by atoms with E-state index in [2.05, 4.69) is 15.5 Å². The highest BCUT2D eigenvalue weighted by atomic mass is 32.1. The van der Waals surface area contributed by atoms with E-state index in [0.717, 1.165) is 10.2 Å². The number of hydrogen-bond acceptors (Lipinski definition) is 6. The highest BCUT2D eigenvalue weighted by Crippen LogP contribution is 2.14. The summed E-state index contributed by atoms with van der Waals surface area (Å²) >= 11 is 2.78. The fourth-order valence-electron chi connectivity index (χ4n) is 2.33. The van der Waals surface area contributed by atoms with E-state index in [1.807, 2.05) is 35.9 Å². The van der Waals surface area contributed by atoms with Gasteiger partial charge in [-0.05, 0) is 12.1 Å². The molecule has 24 heavy (non-hydrogen) atoms. The summed E-state index contributed by atoms with van der Waals surface area (Å²) in [6.07, 6.45) is 2.87. The molecule has 1 N–H and O–H groups in total. The Bertz CT molecular complexity index is 1200. The fraction of sp³-hybridized carbons (Fsp3) is 0.0667. The van der Waals surface area contributed by atoms with Crippen LogP contribution in [0.5, 0.6) is 0 Å². The normalized spacial score (nSPS) is 12.1. The second-order valence-electron chi connectivity index (χ2n) is 5.00. The van der Waals surface area contributed by atoms with E-state index in [1.54, 1.807) is 11.6 Å². The van der Waals surface area contributed by atoms with Crippen molar-refractivity contribution in [2.75, 3.05) is 0 Å². The molecule has 120 valence electrons. The van der Waals surface area contributed by atoms with Crippen LogP contribution in [0.15, 0.2) is 51.9 Å². The molecule has 0 aliphatic carbocycles. The van der Waals surface area contributed by atoms with E-state index in [9.17, 15) is 9.59 Å². The first kappa shape index (κ1) is 14.8. The van der Waals surface area contributed by atoms with Crippen molar-refractivity contribution >= 4 is 43.8 Å². The van der Waals surface area contributed by atoms with E-state index in [1.165, 1.54) is 33.3 Å². The van der Waals surface area contributed by atoms with Crippen molar-refractivity contribution < 1.29 is 4.79 Å². The molecule has 9 heteroatoms. The quantitative estimate of drug-likeness (QED) is 0.553. The lowest BCUT2D eigenvalue weighted by atomic mass is 10.3. The first-order chi connectivity index (χ1) is 11.6. The highest BCUT2D eigenvalue weighted by molar-refractivity contribution is 7.16. The number of fused-ring (bicyclic) bond motifs is 2. The summed E-state index contributed by atoms with van der Waals surface area (Å²) in [6, 6.07) is 7.86. The van der Waals surface area contributed by atoms with Crippen molar-refractivity contribution in [2.24, 2.45) is 12.1 Å². The number of carbonyl (C=O) groups is 1. The van der Waals surface area contributed by atoms with Gasteiger partial charge in [0.15, 0.2) is 4.96 Å². The van der Waals surface area contributed by atoms with Crippen molar-refractivity contribution in [3.05, 3.63) is 62.8 Å². The van der Waals surface area contributed by atoms with E-state index < -0.39 is 11.5 Å². The molecular formula is C15H11N5O2S2. The maximum Gasteiger partial charge on any atom is 0.278 e. The molecule has 4 rings (SSSR count). The third kappa shape index (κ3) is 2.34. The van der Waals surface area contributed by atoms with E-state index in [4.69, 9.17) is 0 Å². The number of nitrogens with zero attached hydrogens (tertiary/aromatic N) is 4. The molecule has 0 atom stereocenters. The van der Waals surface area contributed by atoms with Crippen LogP contribution in [0, 0.1) is 0 Å². The van der Waals surface area contributed by atoms with Gasteiger partial charge in [0.05, 0.1) is 10.2 Å². The maximum absolute atomic E-state index is 12.3. The summed E-state index contributed by atoms with van der Waals surface area (Å²) in [4.78, 5) is 29.8. The first-order valence-electron chi connectivity index (χ1n) is 6.98. The van der Waals surface area contributed by atoms with Gasteiger partial charge in [0, 0.05) is 24.8 Å². The molecule has 3 aromatic heterocycles. The minimum absolute atomic E-state index is 0.0431. The number of carbonyl (C=O) groups excluding carboxylic acids is 1. The van der Waals surface area contributed by atoms with E-state index in [0.29, 0.717) is 9.76 Å². The summed E-state index contributed by atoms with van der Waals surface area (Å²) < 4.78 is 4.29. The molecule has 0 radical (unpaired) electrons. The Morgan fingerprint density at radius 2 is 2.17 bits per heavy atom. The van der Waals surface area contributed by atoms with Gasteiger partial charge in [-0.15, -0.1) is 16.4 Å². The van der Waals surface area contributed by atoms with Crippen LogP contribution in [-0.2, 0) is 7.05 Å². The second kappa shape index (κ2) is 5.69. The van der Waals surface area contributed by atoms with Crippen LogP contribution in [0.3, 0.4) is 0 Å². The molecule has 3 heterocycles. The molecular weight excluding hydrogens is 346 g/mol. The van der Waals surface area contributed by atoms with Gasteiger partial charge in [0.2, 0.25) is 4.80 Å². The van der Waals surface area contributed by atoms with Gasteiger partial charge in [0.1, 0.15) is 5.56 Å². The third-order valence-corrected chi connectivity index (χ3v) is 5.44. The fourth-order valence-corrected chi connectivity index (χ4v) is 3.98. The smallest absolute Gasteiger partial charge is 0.278 e. The number of amides is 1. The van der Waals surface area contributed by atoms with Crippen molar-refractivity contribution in [2.45, 2.75) is 0 Å². The molecule has 0 fully saturated rings. The summed E-state index contributed by atoms with van der Waals surface area (Å²) in [5.74, 6) is -0.578. The van der Waals surface area contributed by atoms with Gasteiger partial charge < -0.3 is 4.57 Å². The lowest BCUT2D eigenvalue weighted by Crippen LogP contribution is -2.30. The minimum atomic E-state index is -0.578. The van der Waals surface area contributed by atoms with Crippen LogP contribution in [0.25, 0.3) is 15.2 Å². The predicted molar refractivity (Wildman–Crippen MR) is 93.2 cm³/mol. The largest absolute Gasteiger partial charge is 0.318 e. The van der Waals surface area contributed by atoms with Gasteiger partial charge in [-0.2, -0.15) is 0 Å². The highest BCUT2D eigenvalue weighted by Gasteiger charge is 2.13. The van der Waals surface area contributed by atoms with Crippen LogP contribution >= 0.6 is 22.7 Å². The molecule has 7 nitrogen and oxygen atoms in total. The number of rotatable bonds is 2. The van der Waals surface area contributed by atoms with Crippen LogP contribution in [0.1, 0.15) is 10.4 Å². The average Bonchev–Trinajstić information content (AvgIpc) is 3.19. The Kier molecular flexibility index (Phi) is 3.51. The molecule has 0 spiro atoms. The summed E-state index contributed by atoms with van der Waals surface area (Å²) in [7, 11) is 1.87. The Morgan fingerprint density at radius 1 is 1.33 bits per heavy atom. The monoisotopic (exact) mass is 357 g/mol. The van der Waals surface area contributed by atoms with Gasteiger partial charge in [-0.3, -0.25) is 14.0 Å². The molecule has 0 aliphatic heterocycles. The van der Waals surface area contributed by atoms with Crippen LogP contribution in [0.2, 0.25) is 0 Å². The first-order valence-corrected chi connectivity index (χ1v) is 8.68. The van der Waals surface area contributed by atoms with Crippen molar-refractivity contribution in [1.29, 1.82) is 0 Å². The molecule has 0 aliphatic rings. The minimum Gasteiger partial charge on any atom is -0.318 e. The van der Waals surface area contributed by atoms with Crippen molar-refractivity contribution in [1.82, 2.24) is 19.4 Å². The summed E-state index contributed by atoms with van der Waals surface area (Å²) in [6.45, 7) is 0. The van der Waals surface area contributed by atoms with Gasteiger partial charge in [-0.25, -0.2) is 10.4 Å². The van der Waals surface area contributed by atoms with Crippen LogP contribution < -0.4 is 15.8 Å². The second-order valence-corrected chi connectivity index (χ2v) is 6.88. The number of nitrogens with one attached hydrogen (secondary N) is 1. The zero-order chi connectivity index (χ0) is 16.7. The zero-order valence-corrected chi connectivity index (χ0v) is 14.1. The van der Waals surface area contributed by atoms with Gasteiger partial charge in [-0.1, -0.05) is 23.5 Å². The summed E-state index contributed by atoms with van der Waals surface area (Å²) in [5.41, 5.74) is 3.01. The topological polar surface area (TPSA) is 80.8 Å². The third-order valence-electron chi connectivity index (χ3n) is 3.56. The molecule has 0 saturated carbocycles. The van der Waals surface area contributed by atoms with Crippen molar-refractivity contribution in [3.63, 3.8) is 0 Å². The van der Waals surface area contributed by atoms with Gasteiger partial charge in [0.25, 0.3) is 11.5 Å². The number of para-hydroxylation sites is 1. The number of aromatic nitrogens is 3.